The summed E-state index contributed by atoms with van der Waals surface area (Å²) in [5.41, 5.74) is 2.89. The van der Waals surface area contributed by atoms with Gasteiger partial charge in [-0.2, -0.15) is 0 Å². The summed E-state index contributed by atoms with van der Waals surface area (Å²) in [4.78, 5) is 25.7. The summed E-state index contributed by atoms with van der Waals surface area (Å²) in [6.45, 7) is 11.7. The molecule has 1 amide bonds. The molecule has 3 saturated heterocycles. The van der Waals surface area contributed by atoms with Gasteiger partial charge in [-0.05, 0) is 70.7 Å². The summed E-state index contributed by atoms with van der Waals surface area (Å²) in [5.74, 6) is 2.07. The fraction of sp³-hybridized carbons (Fsp3) is 0.571. The minimum atomic E-state index is -0.727. The maximum absolute atomic E-state index is 12.5. The Kier molecular flexibility index (Phi) is 7.04. The van der Waals surface area contributed by atoms with Crippen LogP contribution in [0.3, 0.4) is 0 Å². The molecule has 3 aliphatic heterocycles. The zero-order valence-corrected chi connectivity index (χ0v) is 22.8. The Hall–Kier alpha value is -3.24. The Labute approximate surface area is 223 Å². The summed E-state index contributed by atoms with van der Waals surface area (Å²) < 4.78 is 11.2. The molecule has 10 heteroatoms. The average Bonchev–Trinajstić information content (AvgIpc) is 3.48. The molecule has 2 bridgehead atoms. The molecule has 1 aromatic carbocycles. The van der Waals surface area contributed by atoms with Gasteiger partial charge in [0.2, 0.25) is 0 Å². The lowest BCUT2D eigenvalue weighted by molar-refractivity contribution is -0.00156. The Bertz CT molecular complexity index is 1230. The number of benzene rings is 1. The molecule has 5 rings (SSSR count). The van der Waals surface area contributed by atoms with Crippen LogP contribution in [-0.4, -0.2) is 82.4 Å². The number of aliphatic hydroxyl groups is 1. The average molecular weight is 523 g/mol. The summed E-state index contributed by atoms with van der Waals surface area (Å²) in [6.07, 6.45) is 2.10. The Morgan fingerprint density at radius 1 is 1.24 bits per heavy atom. The molecule has 0 radical (unpaired) electrons. The smallest absolute Gasteiger partial charge is 0.410 e. The first-order chi connectivity index (χ1) is 18.0. The van der Waals surface area contributed by atoms with Crippen LogP contribution in [0.5, 0.6) is 0 Å². The van der Waals surface area contributed by atoms with Gasteiger partial charge in [0.1, 0.15) is 23.1 Å². The minimum absolute atomic E-state index is 0.142. The van der Waals surface area contributed by atoms with Crippen molar-refractivity contribution in [1.82, 2.24) is 14.9 Å². The van der Waals surface area contributed by atoms with Gasteiger partial charge >= 0.3 is 6.09 Å². The normalized spacial score (nSPS) is 25.0. The molecule has 0 spiro atoms. The first-order valence-electron chi connectivity index (χ1n) is 13.3. The van der Waals surface area contributed by atoms with E-state index in [1.54, 1.807) is 4.90 Å². The third-order valence-electron chi connectivity index (χ3n) is 7.51. The Morgan fingerprint density at radius 3 is 2.66 bits per heavy atom. The first kappa shape index (κ1) is 26.4. The maximum Gasteiger partial charge on any atom is 0.410 e. The highest BCUT2D eigenvalue weighted by atomic mass is 16.6. The number of aromatic nitrogens is 2. The van der Waals surface area contributed by atoms with Crippen molar-refractivity contribution in [2.24, 2.45) is 0 Å². The van der Waals surface area contributed by atoms with Gasteiger partial charge in [-0.15, -0.1) is 0 Å². The molecular formula is C28H38N6O4. The number of piperidine rings is 1. The number of nitrogens with one attached hydrogen (secondary N) is 2. The highest BCUT2D eigenvalue weighted by Crippen LogP contribution is 2.36. The molecule has 38 heavy (non-hydrogen) atoms. The monoisotopic (exact) mass is 522 g/mol. The van der Waals surface area contributed by atoms with Crippen molar-refractivity contribution in [2.45, 2.75) is 77.2 Å². The highest BCUT2D eigenvalue weighted by molar-refractivity contribution is 5.88. The van der Waals surface area contributed by atoms with E-state index in [1.165, 1.54) is 6.21 Å². The van der Waals surface area contributed by atoms with Crippen LogP contribution in [0, 0.1) is 19.3 Å². The van der Waals surface area contributed by atoms with E-state index in [2.05, 4.69) is 20.2 Å². The Balaban J connectivity index is 1.37. The number of fused-ring (bicyclic) bond motifs is 2. The number of β-amino-alcohol motifs (C(OH)–C–C–N with tert-alkyl or cyclic N) is 1. The lowest BCUT2D eigenvalue weighted by Gasteiger charge is -2.37. The van der Waals surface area contributed by atoms with Gasteiger partial charge in [-0.1, -0.05) is 0 Å². The van der Waals surface area contributed by atoms with E-state index in [0.717, 1.165) is 47.8 Å². The van der Waals surface area contributed by atoms with Gasteiger partial charge in [0, 0.05) is 42.5 Å². The van der Waals surface area contributed by atoms with Crippen molar-refractivity contribution < 1.29 is 19.4 Å². The standard InChI is InChI=1S/C28H38N6O4/c1-16-8-18(12-29)23(10-22(16)21-6-7-33(14-24(21)35)27(36)38-28(3,4)5)32-25-11-26(31-17(2)30-25)34-13-20-9-19(34)15-37-20/h8,10-12,19-21,24,29,35H,6-7,9,13-15H2,1-5H3,(H,30,31,32). The number of anilines is 3. The van der Waals surface area contributed by atoms with Crippen molar-refractivity contribution in [3.63, 3.8) is 0 Å². The van der Waals surface area contributed by atoms with Gasteiger partial charge in [0.25, 0.3) is 0 Å². The van der Waals surface area contributed by atoms with Gasteiger partial charge < -0.3 is 35.1 Å². The molecule has 4 atom stereocenters. The topological polar surface area (TPSA) is 124 Å². The summed E-state index contributed by atoms with van der Waals surface area (Å²) >= 11 is 0. The minimum Gasteiger partial charge on any atom is -0.444 e. The van der Waals surface area contributed by atoms with Crippen LogP contribution in [0.2, 0.25) is 0 Å². The number of ether oxygens (including phenoxy) is 2. The molecule has 2 aromatic rings. The number of hydrogen-bond acceptors (Lipinski definition) is 9. The predicted molar refractivity (Wildman–Crippen MR) is 146 cm³/mol. The second kappa shape index (κ2) is 10.1. The van der Waals surface area contributed by atoms with Crippen LogP contribution in [0.1, 0.15) is 62.0 Å². The van der Waals surface area contributed by atoms with Gasteiger partial charge in [0.15, 0.2) is 0 Å². The summed E-state index contributed by atoms with van der Waals surface area (Å²) in [5, 5.41) is 22.5. The van der Waals surface area contributed by atoms with Gasteiger partial charge in [-0.3, -0.25) is 0 Å². The molecule has 0 saturated carbocycles. The molecular weight excluding hydrogens is 484 g/mol. The molecule has 4 unspecified atom stereocenters. The van der Waals surface area contributed by atoms with Gasteiger partial charge in [0.05, 0.1) is 31.4 Å². The van der Waals surface area contributed by atoms with E-state index in [4.69, 9.17) is 14.9 Å². The van der Waals surface area contributed by atoms with Crippen LogP contribution >= 0.6 is 0 Å². The molecule has 10 nitrogen and oxygen atoms in total. The third-order valence-corrected chi connectivity index (χ3v) is 7.51. The second-order valence-electron chi connectivity index (χ2n) is 11.6. The van der Waals surface area contributed by atoms with Gasteiger partial charge in [-0.25, -0.2) is 14.8 Å². The van der Waals surface area contributed by atoms with E-state index < -0.39 is 17.8 Å². The van der Waals surface area contributed by atoms with Crippen molar-refractivity contribution in [3.8, 4) is 0 Å². The zero-order chi connectivity index (χ0) is 27.2. The highest BCUT2D eigenvalue weighted by Gasteiger charge is 2.40. The number of carbonyl (C=O) groups excluding carboxylic acids is 1. The van der Waals surface area contributed by atoms with E-state index >= 15 is 0 Å². The van der Waals surface area contributed by atoms with Crippen molar-refractivity contribution >= 4 is 29.6 Å². The number of likely N-dealkylation sites (tertiary alicyclic amines) is 1. The van der Waals surface area contributed by atoms with Crippen LogP contribution in [0.25, 0.3) is 0 Å². The predicted octanol–water partition coefficient (Wildman–Crippen LogP) is 3.90. The molecule has 4 heterocycles. The number of aliphatic hydroxyl groups excluding tert-OH is 1. The number of morpholine rings is 1. The molecule has 204 valence electrons. The van der Waals surface area contributed by atoms with Crippen molar-refractivity contribution in [2.75, 3.05) is 36.5 Å². The lowest BCUT2D eigenvalue weighted by Crippen LogP contribution is -2.47. The zero-order valence-electron chi connectivity index (χ0n) is 22.8. The number of carbonyl (C=O) groups is 1. The molecule has 3 N–H and O–H groups in total. The number of amides is 1. The lowest BCUT2D eigenvalue weighted by atomic mass is 9.84. The van der Waals surface area contributed by atoms with Crippen LogP contribution in [0.15, 0.2) is 18.2 Å². The van der Waals surface area contributed by atoms with Crippen LogP contribution in [-0.2, 0) is 9.47 Å². The Morgan fingerprint density at radius 2 is 2.03 bits per heavy atom. The van der Waals surface area contributed by atoms with Crippen LogP contribution in [0.4, 0.5) is 22.1 Å². The fourth-order valence-corrected chi connectivity index (χ4v) is 5.74. The van der Waals surface area contributed by atoms with Crippen molar-refractivity contribution in [3.05, 3.63) is 40.7 Å². The number of nitrogens with zero attached hydrogens (tertiary/aromatic N) is 4. The second-order valence-corrected chi connectivity index (χ2v) is 11.6. The molecule has 3 fully saturated rings. The largest absolute Gasteiger partial charge is 0.444 e. The number of hydrogen-bond donors (Lipinski definition) is 3. The van der Waals surface area contributed by atoms with E-state index in [0.29, 0.717) is 30.6 Å². The van der Waals surface area contributed by atoms with Crippen molar-refractivity contribution in [1.29, 1.82) is 5.41 Å². The first-order valence-corrected chi connectivity index (χ1v) is 13.3. The quantitative estimate of drug-likeness (QED) is 0.505. The number of aryl methyl sites for hydroxylation is 2. The molecule has 1 aromatic heterocycles. The summed E-state index contributed by atoms with van der Waals surface area (Å²) in [7, 11) is 0. The third kappa shape index (κ3) is 5.47. The van der Waals surface area contributed by atoms with Crippen LogP contribution < -0.4 is 10.2 Å². The van der Waals surface area contributed by atoms with E-state index in [-0.39, 0.29) is 18.6 Å². The fourth-order valence-electron chi connectivity index (χ4n) is 5.74. The summed E-state index contributed by atoms with van der Waals surface area (Å²) in [6, 6.07) is 6.27. The molecule has 0 aliphatic carbocycles. The molecule has 3 aliphatic rings. The van der Waals surface area contributed by atoms with E-state index in [9.17, 15) is 9.90 Å². The SMILES string of the molecule is Cc1nc(Nc2cc(C3CCN(C(=O)OC(C)(C)C)CC3O)c(C)cc2C=N)cc(N2CC3CC2CO3)n1. The van der Waals surface area contributed by atoms with E-state index in [1.807, 2.05) is 52.8 Å². The maximum atomic E-state index is 12.5. The number of rotatable bonds is 5.